The monoisotopic (exact) mass is 1240 g/mol. The Bertz CT molecular complexity index is 1640. The van der Waals surface area contributed by atoms with Crippen molar-refractivity contribution >= 4 is 0 Å². The van der Waals surface area contributed by atoms with Gasteiger partial charge in [-0.3, -0.25) is 0 Å². The summed E-state index contributed by atoms with van der Waals surface area (Å²) in [5, 5.41) is 0. The Hall–Kier alpha value is -1.78. The molecule has 0 aliphatic rings. The zero-order valence-electron chi connectivity index (χ0n) is 57.1. The highest BCUT2D eigenvalue weighted by molar-refractivity contribution is 5.20. The third-order valence-corrected chi connectivity index (χ3v) is 12.8. The molecule has 86 heavy (non-hydrogen) atoms. The summed E-state index contributed by atoms with van der Waals surface area (Å²) in [6, 6.07) is 9.65. The van der Waals surface area contributed by atoms with Crippen molar-refractivity contribution in [1.82, 2.24) is 0 Å². The van der Waals surface area contributed by atoms with Crippen LogP contribution in [0.25, 0.3) is 0 Å². The molecule has 21 heteroatoms. The average Bonchev–Trinajstić information content (AvgIpc) is 3.52. The van der Waals surface area contributed by atoms with Gasteiger partial charge < -0.3 is 99.5 Å². The van der Waals surface area contributed by atoms with E-state index >= 15 is 0 Å². The minimum absolute atomic E-state index is 0.0383. The molecule has 0 amide bonds. The maximum absolute atomic E-state index is 6.31. The van der Waals surface area contributed by atoms with E-state index in [4.69, 9.17) is 99.5 Å². The summed E-state index contributed by atoms with van der Waals surface area (Å²) in [7, 11) is 3.34. The number of ether oxygens (including phenoxy) is 21. The summed E-state index contributed by atoms with van der Waals surface area (Å²) in [4.78, 5) is 0. The molecule has 21 nitrogen and oxygen atoms in total. The van der Waals surface area contributed by atoms with Gasteiger partial charge in [0, 0.05) is 14.2 Å². The van der Waals surface area contributed by atoms with Gasteiger partial charge in [-0.15, -0.1) is 0 Å². The lowest BCUT2D eigenvalue weighted by molar-refractivity contribution is -0.125. The molecule has 1 aromatic carbocycles. The van der Waals surface area contributed by atoms with Gasteiger partial charge in [0.15, 0.2) is 0 Å². The van der Waals surface area contributed by atoms with Gasteiger partial charge in [-0.25, -0.2) is 0 Å². The number of rotatable bonds is 60. The summed E-state index contributed by atoms with van der Waals surface area (Å²) in [6.07, 6.45) is -2.10. The summed E-state index contributed by atoms with van der Waals surface area (Å²) in [5.74, 6) is 0.754. The minimum Gasteiger partial charge on any atom is -0.491 e. The Morgan fingerprint density at radius 3 is 0.709 bits per heavy atom. The van der Waals surface area contributed by atoms with E-state index in [1.165, 1.54) is 0 Å². The van der Waals surface area contributed by atoms with Crippen LogP contribution in [0.4, 0.5) is 0 Å². The van der Waals surface area contributed by atoms with Crippen molar-refractivity contribution in [2.75, 3.05) is 146 Å². The molecule has 0 heterocycles. The van der Waals surface area contributed by atoms with E-state index in [1.54, 1.807) is 14.2 Å². The van der Waals surface area contributed by atoms with Crippen LogP contribution in [0.5, 0.6) is 5.75 Å². The number of hydrogen-bond acceptors (Lipinski definition) is 21. The molecule has 0 bridgehead atoms. The van der Waals surface area contributed by atoms with Gasteiger partial charge in [-0.2, -0.15) is 0 Å². The van der Waals surface area contributed by atoms with Crippen LogP contribution >= 0.6 is 0 Å². The fourth-order valence-corrected chi connectivity index (χ4v) is 7.91. The van der Waals surface area contributed by atoms with Crippen molar-refractivity contribution in [3.8, 4) is 5.75 Å². The van der Waals surface area contributed by atoms with Crippen LogP contribution in [0.15, 0.2) is 30.3 Å². The van der Waals surface area contributed by atoms with Crippen LogP contribution < -0.4 is 4.74 Å². The second-order valence-electron chi connectivity index (χ2n) is 23.5. The van der Waals surface area contributed by atoms with Crippen molar-refractivity contribution in [1.29, 1.82) is 0 Å². The molecule has 0 saturated heterocycles. The van der Waals surface area contributed by atoms with Crippen molar-refractivity contribution in [3.63, 3.8) is 0 Å². The van der Waals surface area contributed by atoms with E-state index in [-0.39, 0.29) is 116 Å². The molecular weight excluding hydrogens is 1120 g/mol. The molecule has 19 unspecified atom stereocenters. The van der Waals surface area contributed by atoms with Crippen LogP contribution in [0, 0.1) is 0 Å². The highest BCUT2D eigenvalue weighted by Gasteiger charge is 2.21. The first kappa shape index (κ1) is 82.2. The van der Waals surface area contributed by atoms with Crippen molar-refractivity contribution in [2.45, 2.75) is 241 Å². The summed E-state index contributed by atoms with van der Waals surface area (Å²) in [5.41, 5.74) is 0. The molecule has 1 rings (SSSR count). The molecule has 1 aromatic rings. The first-order valence-electron chi connectivity index (χ1n) is 31.7. The molecular formula is C65H124O21. The quantitative estimate of drug-likeness (QED) is 0.0599. The van der Waals surface area contributed by atoms with Crippen molar-refractivity contribution in [3.05, 3.63) is 30.3 Å². The zero-order valence-corrected chi connectivity index (χ0v) is 57.1. The maximum atomic E-state index is 6.31. The van der Waals surface area contributed by atoms with E-state index in [9.17, 15) is 0 Å². The lowest BCUT2D eigenvalue weighted by atomic mass is 10.3. The Balaban J connectivity index is 2.30. The predicted molar refractivity (Wildman–Crippen MR) is 332 cm³/mol. The third-order valence-electron chi connectivity index (χ3n) is 12.8. The molecule has 0 aliphatic carbocycles. The SMILES string of the molecule is COC(C)COCC(C)OCC(C)OC(C)COC(C)COC(C)COCC(C)OCC(C)OC(C)COCC(COc1ccccc1)OCC(C)OC(C)COC(C)COCC(C)OCC(C)OCC(C)OC(C)COC(C)COCC(C)OC. The van der Waals surface area contributed by atoms with Gasteiger partial charge in [0.05, 0.1) is 235 Å². The number of benzene rings is 1. The van der Waals surface area contributed by atoms with Gasteiger partial charge in [-0.1, -0.05) is 18.2 Å². The number of hydrogen-bond donors (Lipinski definition) is 0. The summed E-state index contributed by atoms with van der Waals surface area (Å²) < 4.78 is 124. The van der Waals surface area contributed by atoms with Crippen LogP contribution in [0.3, 0.4) is 0 Å². The molecule has 0 radical (unpaired) electrons. The third kappa shape index (κ3) is 48.1. The Kier molecular flexibility index (Phi) is 49.5. The Morgan fingerprint density at radius 1 is 0.221 bits per heavy atom. The van der Waals surface area contributed by atoms with E-state index in [1.807, 2.05) is 155 Å². The topological polar surface area (TPSA) is 194 Å². The van der Waals surface area contributed by atoms with E-state index in [2.05, 4.69) is 0 Å². The highest BCUT2D eigenvalue weighted by atomic mass is 16.6. The van der Waals surface area contributed by atoms with Gasteiger partial charge >= 0.3 is 0 Å². The average molecular weight is 1240 g/mol. The minimum atomic E-state index is -0.350. The number of para-hydroxylation sites is 1. The van der Waals surface area contributed by atoms with E-state index < -0.39 is 0 Å². The van der Waals surface area contributed by atoms with Crippen LogP contribution in [0.1, 0.15) is 125 Å². The second-order valence-corrected chi connectivity index (χ2v) is 23.5. The molecule has 0 N–H and O–H groups in total. The van der Waals surface area contributed by atoms with Crippen LogP contribution in [-0.2, 0) is 94.7 Å². The fourth-order valence-electron chi connectivity index (χ4n) is 7.91. The van der Waals surface area contributed by atoms with Gasteiger partial charge in [0.25, 0.3) is 0 Å². The van der Waals surface area contributed by atoms with Gasteiger partial charge in [-0.05, 0) is 137 Å². The van der Waals surface area contributed by atoms with Crippen LogP contribution in [-0.4, -0.2) is 262 Å². The Labute approximate surface area is 520 Å². The lowest BCUT2D eigenvalue weighted by Crippen LogP contribution is -2.34. The van der Waals surface area contributed by atoms with Gasteiger partial charge in [0.1, 0.15) is 18.5 Å². The van der Waals surface area contributed by atoms with Crippen LogP contribution in [0.2, 0.25) is 0 Å². The first-order valence-corrected chi connectivity index (χ1v) is 31.7. The first-order chi connectivity index (χ1) is 41.0. The Morgan fingerprint density at radius 2 is 0.430 bits per heavy atom. The predicted octanol–water partition coefficient (Wildman–Crippen LogP) is 9.02. The fraction of sp³-hybridized carbons (Fsp3) is 0.908. The van der Waals surface area contributed by atoms with Crippen molar-refractivity contribution < 1.29 is 99.5 Å². The normalized spacial score (nSPS) is 19.0. The van der Waals surface area contributed by atoms with E-state index in [0.29, 0.717) is 132 Å². The molecule has 0 aromatic heterocycles. The maximum Gasteiger partial charge on any atom is 0.119 e. The highest BCUT2D eigenvalue weighted by Crippen LogP contribution is 2.13. The summed E-state index contributed by atoms with van der Waals surface area (Å²) in [6.45, 7) is 44.4. The largest absolute Gasteiger partial charge is 0.491 e. The molecule has 510 valence electrons. The van der Waals surface area contributed by atoms with Gasteiger partial charge in [0.2, 0.25) is 0 Å². The summed E-state index contributed by atoms with van der Waals surface area (Å²) >= 11 is 0. The molecule has 0 spiro atoms. The zero-order chi connectivity index (χ0) is 64.1. The second kappa shape index (κ2) is 51.8. The molecule has 0 saturated carbocycles. The van der Waals surface area contributed by atoms with E-state index in [0.717, 1.165) is 5.75 Å². The lowest BCUT2D eigenvalue weighted by Gasteiger charge is -2.25. The molecule has 0 fully saturated rings. The molecule has 0 aliphatic heterocycles. The number of methoxy groups -OCH3 is 2. The molecule has 19 atom stereocenters. The van der Waals surface area contributed by atoms with Crippen molar-refractivity contribution in [2.24, 2.45) is 0 Å². The standard InChI is InChI=1S/C65H124O21/c1-46(66-19)26-68-28-50(5)76-38-58(13)84-61(16)41-79-54(9)35-73-48(3)30-70-32-52(7)75-37-57(12)83-56(11)34-72-44-65(45-82-64-24-22-21-23-25-64)81-43-63(18)86-60(15)40-78-53(8)33-71-31-49(4)74-36-55(10)80-42-62(17)85-59(14)39-77-51(6)29-69-27-47(2)67-20/h21-25,46-63,65H,26-45H2,1-20H3. The smallest absolute Gasteiger partial charge is 0.119 e.